The largest absolute Gasteiger partial charge is 0.354 e. The standard InChI is InChI=1S/C20H29N3O2/c1-14(2)22-18(24)11-15-6-8-17(9-7-15)23-19(25)20-10-4-3-5-16(20)12-21-13-20/h6-9,14,16,21H,3-5,10-13H2,1-2H3,(H,22,24)(H,23,25)/t16-,20+/m0/s1. The molecule has 1 heterocycles. The summed E-state index contributed by atoms with van der Waals surface area (Å²) in [5.41, 5.74) is 1.52. The number of nitrogens with one attached hydrogen (secondary N) is 3. The van der Waals surface area contributed by atoms with Crippen LogP contribution >= 0.6 is 0 Å². The van der Waals surface area contributed by atoms with Gasteiger partial charge in [-0.05, 0) is 56.8 Å². The third-order valence-electron chi connectivity index (χ3n) is 5.52. The van der Waals surface area contributed by atoms with Crippen molar-refractivity contribution < 1.29 is 9.59 Å². The van der Waals surface area contributed by atoms with Crippen LogP contribution < -0.4 is 16.0 Å². The fraction of sp³-hybridized carbons (Fsp3) is 0.600. The van der Waals surface area contributed by atoms with Crippen molar-refractivity contribution in [2.75, 3.05) is 18.4 Å². The molecule has 2 fully saturated rings. The first-order valence-electron chi connectivity index (χ1n) is 9.40. The van der Waals surface area contributed by atoms with E-state index >= 15 is 0 Å². The summed E-state index contributed by atoms with van der Waals surface area (Å²) in [7, 11) is 0. The minimum Gasteiger partial charge on any atom is -0.354 e. The second kappa shape index (κ2) is 7.56. The first-order valence-corrected chi connectivity index (χ1v) is 9.40. The van der Waals surface area contributed by atoms with Gasteiger partial charge in [-0.1, -0.05) is 25.0 Å². The van der Waals surface area contributed by atoms with Crippen molar-refractivity contribution >= 4 is 17.5 Å². The molecule has 1 saturated carbocycles. The van der Waals surface area contributed by atoms with Gasteiger partial charge in [0.05, 0.1) is 11.8 Å². The lowest BCUT2D eigenvalue weighted by Crippen LogP contribution is -2.44. The Morgan fingerprint density at radius 3 is 2.72 bits per heavy atom. The predicted molar refractivity (Wildman–Crippen MR) is 99.3 cm³/mol. The summed E-state index contributed by atoms with van der Waals surface area (Å²) in [4.78, 5) is 24.8. The zero-order valence-corrected chi connectivity index (χ0v) is 15.2. The fourth-order valence-corrected chi connectivity index (χ4v) is 4.21. The average Bonchev–Trinajstić information content (AvgIpc) is 3.01. The molecule has 0 bridgehead atoms. The normalized spacial score (nSPS) is 25.5. The lowest BCUT2D eigenvalue weighted by atomic mass is 9.67. The quantitative estimate of drug-likeness (QED) is 0.769. The molecule has 0 radical (unpaired) electrons. The molecule has 1 aromatic carbocycles. The molecule has 0 aromatic heterocycles. The average molecular weight is 343 g/mol. The zero-order valence-electron chi connectivity index (χ0n) is 15.2. The maximum absolute atomic E-state index is 12.9. The van der Waals surface area contributed by atoms with Crippen molar-refractivity contribution in [1.29, 1.82) is 0 Å². The van der Waals surface area contributed by atoms with Gasteiger partial charge in [-0.3, -0.25) is 9.59 Å². The number of anilines is 1. The molecular weight excluding hydrogens is 314 g/mol. The summed E-state index contributed by atoms with van der Waals surface area (Å²) in [6.45, 7) is 5.65. The van der Waals surface area contributed by atoms with E-state index in [9.17, 15) is 9.59 Å². The van der Waals surface area contributed by atoms with E-state index in [4.69, 9.17) is 0 Å². The summed E-state index contributed by atoms with van der Waals surface area (Å²) < 4.78 is 0. The van der Waals surface area contributed by atoms with Crippen molar-refractivity contribution in [3.05, 3.63) is 29.8 Å². The number of carbonyl (C=O) groups excluding carboxylic acids is 2. The minimum atomic E-state index is -0.242. The molecule has 3 N–H and O–H groups in total. The van der Waals surface area contributed by atoms with E-state index < -0.39 is 0 Å². The van der Waals surface area contributed by atoms with Crippen LogP contribution in [0.15, 0.2) is 24.3 Å². The molecule has 0 unspecified atom stereocenters. The summed E-state index contributed by atoms with van der Waals surface area (Å²) in [5, 5.41) is 9.41. The Morgan fingerprint density at radius 2 is 2.00 bits per heavy atom. The lowest BCUT2D eigenvalue weighted by molar-refractivity contribution is -0.128. The molecule has 2 amide bonds. The minimum absolute atomic E-state index is 0.0211. The van der Waals surface area contributed by atoms with Gasteiger partial charge < -0.3 is 16.0 Å². The van der Waals surface area contributed by atoms with Gasteiger partial charge in [0.1, 0.15) is 0 Å². The molecule has 1 aliphatic heterocycles. The van der Waals surface area contributed by atoms with E-state index in [1.807, 2.05) is 38.1 Å². The SMILES string of the molecule is CC(C)NC(=O)Cc1ccc(NC(=O)[C@@]23CCCC[C@H]2CNC3)cc1. The summed E-state index contributed by atoms with van der Waals surface area (Å²) in [6.07, 6.45) is 4.85. The molecule has 25 heavy (non-hydrogen) atoms. The van der Waals surface area contributed by atoms with Crippen molar-refractivity contribution in [3.8, 4) is 0 Å². The number of amides is 2. The summed E-state index contributed by atoms with van der Waals surface area (Å²) in [6, 6.07) is 7.77. The predicted octanol–water partition coefficient (Wildman–Crippen LogP) is 2.47. The lowest BCUT2D eigenvalue weighted by Gasteiger charge is -2.37. The van der Waals surface area contributed by atoms with E-state index in [2.05, 4.69) is 16.0 Å². The first kappa shape index (κ1) is 17.9. The van der Waals surface area contributed by atoms with Crippen LogP contribution in [0.1, 0.15) is 45.1 Å². The van der Waals surface area contributed by atoms with E-state index in [0.29, 0.717) is 12.3 Å². The number of hydrogen-bond acceptors (Lipinski definition) is 3. The van der Waals surface area contributed by atoms with Gasteiger partial charge in [0.25, 0.3) is 0 Å². The maximum Gasteiger partial charge on any atom is 0.232 e. The summed E-state index contributed by atoms with van der Waals surface area (Å²) >= 11 is 0. The Labute approximate surface area is 150 Å². The molecule has 1 saturated heterocycles. The number of carbonyl (C=O) groups is 2. The molecule has 3 rings (SSSR count). The van der Waals surface area contributed by atoms with E-state index in [1.54, 1.807) is 0 Å². The van der Waals surface area contributed by atoms with E-state index in [-0.39, 0.29) is 23.3 Å². The molecule has 0 spiro atoms. The highest BCUT2D eigenvalue weighted by Crippen LogP contribution is 2.44. The molecular formula is C20H29N3O2. The Balaban J connectivity index is 1.61. The Hall–Kier alpha value is -1.88. The highest BCUT2D eigenvalue weighted by atomic mass is 16.2. The monoisotopic (exact) mass is 343 g/mol. The van der Waals surface area contributed by atoms with Crippen LogP contribution in [-0.2, 0) is 16.0 Å². The van der Waals surface area contributed by atoms with Crippen molar-refractivity contribution in [2.45, 2.75) is 52.0 Å². The van der Waals surface area contributed by atoms with Gasteiger partial charge in [-0.15, -0.1) is 0 Å². The molecule has 2 atom stereocenters. The van der Waals surface area contributed by atoms with Gasteiger partial charge in [-0.25, -0.2) is 0 Å². The van der Waals surface area contributed by atoms with E-state index in [1.165, 1.54) is 6.42 Å². The summed E-state index contributed by atoms with van der Waals surface area (Å²) in [5.74, 6) is 0.625. The maximum atomic E-state index is 12.9. The van der Waals surface area contributed by atoms with Crippen LogP contribution in [0.2, 0.25) is 0 Å². The number of fused-ring (bicyclic) bond motifs is 1. The van der Waals surface area contributed by atoms with Gasteiger partial charge in [0.2, 0.25) is 11.8 Å². The highest BCUT2D eigenvalue weighted by Gasteiger charge is 2.49. The van der Waals surface area contributed by atoms with Gasteiger partial charge in [-0.2, -0.15) is 0 Å². The van der Waals surface area contributed by atoms with Crippen LogP contribution in [0.5, 0.6) is 0 Å². The highest BCUT2D eigenvalue weighted by molar-refractivity contribution is 5.96. The third kappa shape index (κ3) is 4.03. The molecule has 136 valence electrons. The number of rotatable bonds is 5. The van der Waals surface area contributed by atoms with Crippen molar-refractivity contribution in [2.24, 2.45) is 11.3 Å². The van der Waals surface area contributed by atoms with Crippen LogP contribution in [0, 0.1) is 11.3 Å². The Kier molecular flexibility index (Phi) is 5.42. The first-order chi connectivity index (χ1) is 12.0. The topological polar surface area (TPSA) is 70.2 Å². The van der Waals surface area contributed by atoms with Crippen LogP contribution in [-0.4, -0.2) is 30.9 Å². The second-order valence-corrected chi connectivity index (χ2v) is 7.78. The van der Waals surface area contributed by atoms with E-state index in [0.717, 1.165) is 43.6 Å². The molecule has 1 aliphatic carbocycles. The molecule has 5 heteroatoms. The zero-order chi connectivity index (χ0) is 17.9. The number of hydrogen-bond donors (Lipinski definition) is 3. The second-order valence-electron chi connectivity index (χ2n) is 7.78. The Morgan fingerprint density at radius 1 is 1.24 bits per heavy atom. The molecule has 5 nitrogen and oxygen atoms in total. The van der Waals surface area contributed by atoms with Crippen LogP contribution in [0.3, 0.4) is 0 Å². The van der Waals surface area contributed by atoms with Gasteiger partial charge in [0, 0.05) is 18.3 Å². The molecule has 2 aliphatic rings. The van der Waals surface area contributed by atoms with Crippen molar-refractivity contribution in [3.63, 3.8) is 0 Å². The van der Waals surface area contributed by atoms with Crippen molar-refractivity contribution in [1.82, 2.24) is 10.6 Å². The van der Waals surface area contributed by atoms with Gasteiger partial charge >= 0.3 is 0 Å². The van der Waals surface area contributed by atoms with Crippen LogP contribution in [0.25, 0.3) is 0 Å². The fourth-order valence-electron chi connectivity index (χ4n) is 4.21. The Bertz CT molecular complexity index is 626. The van der Waals surface area contributed by atoms with Gasteiger partial charge in [0.15, 0.2) is 0 Å². The molecule has 1 aromatic rings. The third-order valence-corrected chi connectivity index (χ3v) is 5.52. The van der Waals surface area contributed by atoms with Crippen LogP contribution in [0.4, 0.5) is 5.69 Å². The smallest absolute Gasteiger partial charge is 0.232 e. The number of benzene rings is 1.